The second kappa shape index (κ2) is 10.5. The predicted molar refractivity (Wildman–Crippen MR) is 105 cm³/mol. The number of carbonyl (C=O) groups is 1. The van der Waals surface area contributed by atoms with Gasteiger partial charge in [0, 0.05) is 32.2 Å². The number of guanidine groups is 1. The Morgan fingerprint density at radius 2 is 1.80 bits per heavy atom. The Labute approximate surface area is 171 Å². The van der Waals surface area contributed by atoms with Gasteiger partial charge in [0.1, 0.15) is 11.6 Å². The summed E-state index contributed by atoms with van der Waals surface area (Å²) in [4.78, 5) is 16.0. The number of aliphatic imine (C=N–C) groups is 1. The number of alkyl halides is 3. The fraction of sp³-hybridized carbons (Fsp3) is 0.300. The number of rotatable bonds is 7. The van der Waals surface area contributed by atoms with Crippen LogP contribution in [-0.4, -0.2) is 39.1 Å². The van der Waals surface area contributed by atoms with Gasteiger partial charge in [-0.25, -0.2) is 4.39 Å². The van der Waals surface area contributed by atoms with E-state index in [0.29, 0.717) is 17.4 Å². The maximum absolute atomic E-state index is 13.2. The smallest absolute Gasteiger partial charge is 0.416 e. The molecule has 30 heavy (non-hydrogen) atoms. The van der Waals surface area contributed by atoms with Crippen molar-refractivity contribution in [3.05, 3.63) is 65.0 Å². The van der Waals surface area contributed by atoms with Crippen molar-refractivity contribution in [3.8, 4) is 5.75 Å². The van der Waals surface area contributed by atoms with Gasteiger partial charge < -0.3 is 20.7 Å². The highest BCUT2D eigenvalue weighted by Gasteiger charge is 2.33. The first-order valence-electron chi connectivity index (χ1n) is 8.97. The molecule has 0 aliphatic rings. The average Bonchev–Trinajstić information content (AvgIpc) is 2.73. The number of benzene rings is 2. The van der Waals surface area contributed by atoms with Crippen LogP contribution in [0.3, 0.4) is 0 Å². The normalized spacial score (nSPS) is 11.7. The van der Waals surface area contributed by atoms with Crippen LogP contribution >= 0.6 is 0 Å². The summed E-state index contributed by atoms with van der Waals surface area (Å²) in [7, 11) is 2.96. The van der Waals surface area contributed by atoms with Gasteiger partial charge in [-0.1, -0.05) is 12.1 Å². The van der Waals surface area contributed by atoms with Gasteiger partial charge in [-0.3, -0.25) is 9.79 Å². The van der Waals surface area contributed by atoms with E-state index in [2.05, 4.69) is 20.9 Å². The lowest BCUT2D eigenvalue weighted by Gasteiger charge is -2.16. The summed E-state index contributed by atoms with van der Waals surface area (Å²) < 4.78 is 57.4. The van der Waals surface area contributed by atoms with Crippen molar-refractivity contribution in [1.82, 2.24) is 16.0 Å². The zero-order valence-corrected chi connectivity index (χ0v) is 16.4. The number of amides is 1. The number of hydrogen-bond donors (Lipinski definition) is 3. The first-order valence-corrected chi connectivity index (χ1v) is 8.97. The zero-order valence-electron chi connectivity index (χ0n) is 16.4. The van der Waals surface area contributed by atoms with Gasteiger partial charge in [-0.2, -0.15) is 13.2 Å². The fourth-order valence-corrected chi connectivity index (χ4v) is 2.59. The Kier molecular flexibility index (Phi) is 8.02. The summed E-state index contributed by atoms with van der Waals surface area (Å²) in [5, 5.41) is 8.33. The molecule has 0 heterocycles. The molecular formula is C20H22F4N4O2. The molecule has 0 aliphatic heterocycles. The summed E-state index contributed by atoms with van der Waals surface area (Å²) >= 11 is 0. The SMILES string of the molecule is CN=C(NCCNC(=O)c1cccc(OC)c1)NCc1ccc(F)cc1C(F)(F)F. The van der Waals surface area contributed by atoms with Crippen LogP contribution in [0.4, 0.5) is 17.6 Å². The molecule has 6 nitrogen and oxygen atoms in total. The van der Waals surface area contributed by atoms with Crippen LogP contribution in [0.1, 0.15) is 21.5 Å². The summed E-state index contributed by atoms with van der Waals surface area (Å²) in [5.41, 5.74) is -0.720. The van der Waals surface area contributed by atoms with E-state index >= 15 is 0 Å². The number of carbonyl (C=O) groups excluding carboxylic acids is 1. The van der Waals surface area contributed by atoms with E-state index < -0.39 is 17.6 Å². The first kappa shape index (κ1) is 23.0. The van der Waals surface area contributed by atoms with E-state index in [1.165, 1.54) is 14.2 Å². The van der Waals surface area contributed by atoms with E-state index in [0.717, 1.165) is 12.1 Å². The summed E-state index contributed by atoms with van der Waals surface area (Å²) in [5.74, 6) is -0.451. The van der Waals surface area contributed by atoms with Crippen molar-refractivity contribution in [2.45, 2.75) is 12.7 Å². The third kappa shape index (κ3) is 6.64. The van der Waals surface area contributed by atoms with E-state index in [1.807, 2.05) is 0 Å². The largest absolute Gasteiger partial charge is 0.497 e. The fourth-order valence-electron chi connectivity index (χ4n) is 2.59. The molecule has 2 aromatic carbocycles. The van der Waals surface area contributed by atoms with Crippen molar-refractivity contribution in [2.24, 2.45) is 4.99 Å². The van der Waals surface area contributed by atoms with Gasteiger partial charge in [0.05, 0.1) is 12.7 Å². The third-order valence-electron chi connectivity index (χ3n) is 4.08. The Hall–Kier alpha value is -3.30. The van der Waals surface area contributed by atoms with Crippen molar-refractivity contribution in [3.63, 3.8) is 0 Å². The van der Waals surface area contributed by atoms with E-state index in [9.17, 15) is 22.4 Å². The van der Waals surface area contributed by atoms with E-state index in [1.54, 1.807) is 24.3 Å². The van der Waals surface area contributed by atoms with E-state index in [4.69, 9.17) is 4.74 Å². The highest BCUT2D eigenvalue weighted by Crippen LogP contribution is 2.32. The first-order chi connectivity index (χ1) is 14.2. The molecule has 0 aromatic heterocycles. The maximum Gasteiger partial charge on any atom is 0.416 e. The maximum atomic E-state index is 13.2. The lowest BCUT2D eigenvalue weighted by molar-refractivity contribution is -0.138. The minimum Gasteiger partial charge on any atom is -0.497 e. The molecule has 0 spiro atoms. The van der Waals surface area contributed by atoms with Gasteiger partial charge in [-0.05, 0) is 35.9 Å². The van der Waals surface area contributed by atoms with Crippen LogP contribution in [0.2, 0.25) is 0 Å². The van der Waals surface area contributed by atoms with Crippen LogP contribution in [0.25, 0.3) is 0 Å². The summed E-state index contributed by atoms with van der Waals surface area (Å²) in [6, 6.07) is 9.17. The molecule has 2 aromatic rings. The molecule has 2 rings (SSSR count). The average molecular weight is 426 g/mol. The molecule has 1 amide bonds. The predicted octanol–water partition coefficient (Wildman–Crippen LogP) is 2.95. The number of nitrogens with zero attached hydrogens (tertiary/aromatic N) is 1. The minimum absolute atomic E-state index is 0.113. The van der Waals surface area contributed by atoms with Gasteiger partial charge in [-0.15, -0.1) is 0 Å². The van der Waals surface area contributed by atoms with E-state index in [-0.39, 0.29) is 37.1 Å². The standard InChI is InChI=1S/C20H22F4N4O2/c1-25-19(28-12-14-6-7-15(21)11-17(14)20(22,23)24)27-9-8-26-18(29)13-4-3-5-16(10-13)30-2/h3-7,10-11H,8-9,12H2,1-2H3,(H,26,29)(H2,25,27,28). The van der Waals surface area contributed by atoms with Crippen LogP contribution in [0.5, 0.6) is 5.75 Å². The molecule has 0 atom stereocenters. The monoisotopic (exact) mass is 426 g/mol. The highest BCUT2D eigenvalue weighted by atomic mass is 19.4. The molecule has 0 saturated heterocycles. The quantitative estimate of drug-likeness (QED) is 0.276. The molecule has 0 aliphatic carbocycles. The number of ether oxygens (including phenoxy) is 1. The highest BCUT2D eigenvalue weighted by molar-refractivity contribution is 5.94. The van der Waals surface area contributed by atoms with Gasteiger partial charge in [0.15, 0.2) is 5.96 Å². The van der Waals surface area contributed by atoms with Crippen molar-refractivity contribution in [2.75, 3.05) is 27.2 Å². The molecular weight excluding hydrogens is 404 g/mol. The molecule has 0 unspecified atom stereocenters. The Bertz CT molecular complexity index is 901. The third-order valence-corrected chi connectivity index (χ3v) is 4.08. The second-order valence-corrected chi connectivity index (χ2v) is 6.14. The molecule has 0 saturated carbocycles. The molecule has 0 fully saturated rings. The van der Waals surface area contributed by atoms with Crippen molar-refractivity contribution < 1.29 is 27.1 Å². The summed E-state index contributed by atoms with van der Waals surface area (Å²) in [6.07, 6.45) is -4.67. The molecule has 0 radical (unpaired) electrons. The van der Waals surface area contributed by atoms with Crippen molar-refractivity contribution >= 4 is 11.9 Å². The molecule has 10 heteroatoms. The number of hydrogen-bond acceptors (Lipinski definition) is 3. The van der Waals surface area contributed by atoms with Gasteiger partial charge >= 0.3 is 6.18 Å². The minimum atomic E-state index is -4.67. The Morgan fingerprint density at radius 1 is 1.07 bits per heavy atom. The topological polar surface area (TPSA) is 74.8 Å². The molecule has 3 N–H and O–H groups in total. The van der Waals surface area contributed by atoms with Crippen LogP contribution < -0.4 is 20.7 Å². The Balaban J connectivity index is 1.84. The lowest BCUT2D eigenvalue weighted by Crippen LogP contribution is -2.41. The van der Waals surface area contributed by atoms with Crippen LogP contribution in [0.15, 0.2) is 47.5 Å². The molecule has 162 valence electrons. The van der Waals surface area contributed by atoms with Gasteiger partial charge in [0.25, 0.3) is 5.91 Å². The second-order valence-electron chi connectivity index (χ2n) is 6.14. The Morgan fingerprint density at radius 3 is 2.47 bits per heavy atom. The number of halogens is 4. The van der Waals surface area contributed by atoms with Crippen LogP contribution in [0, 0.1) is 5.82 Å². The zero-order chi connectivity index (χ0) is 22.1. The summed E-state index contributed by atoms with van der Waals surface area (Å²) in [6.45, 7) is 0.330. The van der Waals surface area contributed by atoms with Crippen molar-refractivity contribution in [1.29, 1.82) is 0 Å². The molecule has 0 bridgehead atoms. The van der Waals surface area contributed by atoms with Crippen LogP contribution in [-0.2, 0) is 12.7 Å². The lowest BCUT2D eigenvalue weighted by atomic mass is 10.1. The number of methoxy groups -OCH3 is 1. The van der Waals surface area contributed by atoms with Gasteiger partial charge in [0.2, 0.25) is 0 Å². The number of nitrogens with one attached hydrogen (secondary N) is 3.